The average molecular weight is 250 g/mol. The molecular formula is C12H14N2O4. The smallest absolute Gasteiger partial charge is 0.337 e. The van der Waals surface area contributed by atoms with Crippen LogP contribution in [0, 0.1) is 0 Å². The second-order valence-electron chi connectivity index (χ2n) is 4.08. The minimum absolute atomic E-state index is 0.0608. The zero-order valence-corrected chi connectivity index (χ0v) is 9.76. The van der Waals surface area contributed by atoms with E-state index in [9.17, 15) is 9.59 Å². The summed E-state index contributed by atoms with van der Waals surface area (Å²) in [6, 6.07) is 2.75. The summed E-state index contributed by atoms with van der Waals surface area (Å²) in [4.78, 5) is 26.1. The average Bonchev–Trinajstić information content (AvgIpc) is 2.89. The van der Waals surface area contributed by atoms with Crippen molar-refractivity contribution in [3.63, 3.8) is 0 Å². The van der Waals surface area contributed by atoms with Gasteiger partial charge in [0.2, 0.25) is 0 Å². The van der Waals surface area contributed by atoms with Crippen LogP contribution in [0.15, 0.2) is 18.3 Å². The van der Waals surface area contributed by atoms with Crippen LogP contribution in [0.1, 0.15) is 33.7 Å². The van der Waals surface area contributed by atoms with E-state index in [1.165, 1.54) is 18.3 Å². The topological polar surface area (TPSA) is 88.5 Å². The van der Waals surface area contributed by atoms with Crippen LogP contribution >= 0.6 is 0 Å². The van der Waals surface area contributed by atoms with E-state index in [1.54, 1.807) is 0 Å². The summed E-state index contributed by atoms with van der Waals surface area (Å²) in [5, 5.41) is 11.4. The molecule has 1 saturated heterocycles. The first kappa shape index (κ1) is 12.5. The first-order chi connectivity index (χ1) is 8.66. The van der Waals surface area contributed by atoms with E-state index in [1.807, 2.05) is 0 Å². The lowest BCUT2D eigenvalue weighted by molar-refractivity contribution is 0.0695. The molecule has 18 heavy (non-hydrogen) atoms. The number of carbonyl (C=O) groups is 2. The predicted molar refractivity (Wildman–Crippen MR) is 62.5 cm³/mol. The molecule has 1 aromatic heterocycles. The molecule has 1 aliphatic rings. The Morgan fingerprint density at radius 3 is 2.89 bits per heavy atom. The van der Waals surface area contributed by atoms with Gasteiger partial charge >= 0.3 is 5.97 Å². The Morgan fingerprint density at radius 2 is 2.33 bits per heavy atom. The summed E-state index contributed by atoms with van der Waals surface area (Å²) >= 11 is 0. The Kier molecular flexibility index (Phi) is 3.88. The number of carbonyl (C=O) groups excluding carboxylic acids is 1. The summed E-state index contributed by atoms with van der Waals surface area (Å²) in [6.07, 6.45) is 3.22. The van der Waals surface area contributed by atoms with Crippen molar-refractivity contribution < 1.29 is 19.4 Å². The summed E-state index contributed by atoms with van der Waals surface area (Å²) in [5.74, 6) is -1.38. The van der Waals surface area contributed by atoms with E-state index < -0.39 is 5.97 Å². The highest BCUT2D eigenvalue weighted by atomic mass is 16.5. The number of aromatic nitrogens is 1. The van der Waals surface area contributed by atoms with Gasteiger partial charge in [-0.3, -0.25) is 9.78 Å². The zero-order valence-electron chi connectivity index (χ0n) is 9.76. The van der Waals surface area contributed by atoms with Gasteiger partial charge in [-0.2, -0.15) is 0 Å². The first-order valence-corrected chi connectivity index (χ1v) is 5.76. The fourth-order valence-electron chi connectivity index (χ4n) is 1.76. The van der Waals surface area contributed by atoms with Crippen molar-refractivity contribution in [1.82, 2.24) is 10.3 Å². The molecule has 6 heteroatoms. The fourth-order valence-corrected chi connectivity index (χ4v) is 1.76. The predicted octanol–water partition coefficient (Wildman–Crippen LogP) is 0.689. The molecule has 0 bridgehead atoms. The van der Waals surface area contributed by atoms with Crippen LogP contribution in [-0.4, -0.2) is 41.2 Å². The van der Waals surface area contributed by atoms with Gasteiger partial charge in [-0.25, -0.2) is 4.79 Å². The lowest BCUT2D eigenvalue weighted by atomic mass is 10.2. The quantitative estimate of drug-likeness (QED) is 0.820. The van der Waals surface area contributed by atoms with Gasteiger partial charge in [0.25, 0.3) is 5.91 Å². The highest BCUT2D eigenvalue weighted by Gasteiger charge is 2.17. The summed E-state index contributed by atoms with van der Waals surface area (Å²) in [7, 11) is 0. The Bertz CT molecular complexity index is 438. The van der Waals surface area contributed by atoms with Crippen LogP contribution in [0.25, 0.3) is 0 Å². The van der Waals surface area contributed by atoms with Crippen molar-refractivity contribution in [3.05, 3.63) is 29.6 Å². The highest BCUT2D eigenvalue weighted by Crippen LogP contribution is 2.10. The Balaban J connectivity index is 1.89. The van der Waals surface area contributed by atoms with Gasteiger partial charge in [0, 0.05) is 19.3 Å². The molecule has 1 atom stereocenters. The van der Waals surface area contributed by atoms with E-state index in [0.29, 0.717) is 6.54 Å². The third kappa shape index (κ3) is 3.04. The Labute approximate surface area is 104 Å². The number of pyridine rings is 1. The van der Waals surface area contributed by atoms with Crippen LogP contribution in [0.4, 0.5) is 0 Å². The third-order valence-electron chi connectivity index (χ3n) is 2.76. The molecule has 1 amide bonds. The molecule has 0 aromatic carbocycles. The molecule has 0 aliphatic carbocycles. The summed E-state index contributed by atoms with van der Waals surface area (Å²) in [5.41, 5.74) is 0.267. The van der Waals surface area contributed by atoms with Crippen molar-refractivity contribution in [2.24, 2.45) is 0 Å². The second-order valence-corrected chi connectivity index (χ2v) is 4.08. The normalized spacial score (nSPS) is 18.6. The van der Waals surface area contributed by atoms with E-state index in [0.717, 1.165) is 19.4 Å². The number of hydrogen-bond donors (Lipinski definition) is 2. The highest BCUT2D eigenvalue weighted by molar-refractivity contribution is 5.93. The molecule has 6 nitrogen and oxygen atoms in total. The van der Waals surface area contributed by atoms with Crippen molar-refractivity contribution >= 4 is 11.9 Å². The zero-order chi connectivity index (χ0) is 13.0. The van der Waals surface area contributed by atoms with E-state index in [-0.39, 0.29) is 23.3 Å². The minimum atomic E-state index is -1.06. The summed E-state index contributed by atoms with van der Waals surface area (Å²) < 4.78 is 5.38. The van der Waals surface area contributed by atoms with Gasteiger partial charge in [0.15, 0.2) is 0 Å². The monoisotopic (exact) mass is 250 g/mol. The van der Waals surface area contributed by atoms with E-state index in [4.69, 9.17) is 9.84 Å². The van der Waals surface area contributed by atoms with Gasteiger partial charge in [-0.1, -0.05) is 0 Å². The lowest BCUT2D eigenvalue weighted by Gasteiger charge is -2.10. The Morgan fingerprint density at radius 1 is 1.50 bits per heavy atom. The number of carboxylic acid groups (broad SMARTS) is 1. The van der Waals surface area contributed by atoms with Crippen LogP contribution < -0.4 is 5.32 Å². The number of hydrogen-bond acceptors (Lipinski definition) is 4. The number of amides is 1. The van der Waals surface area contributed by atoms with Crippen molar-refractivity contribution in [2.45, 2.75) is 18.9 Å². The fraction of sp³-hybridized carbons (Fsp3) is 0.417. The molecule has 1 fully saturated rings. The molecule has 1 aliphatic heterocycles. The minimum Gasteiger partial charge on any atom is -0.478 e. The number of nitrogens with one attached hydrogen (secondary N) is 1. The number of carboxylic acids is 1. The maximum Gasteiger partial charge on any atom is 0.337 e. The maximum atomic E-state index is 11.7. The molecule has 1 unspecified atom stereocenters. The number of aromatic carboxylic acids is 1. The molecule has 96 valence electrons. The maximum absolute atomic E-state index is 11.7. The van der Waals surface area contributed by atoms with Gasteiger partial charge in [0.05, 0.1) is 11.7 Å². The number of rotatable bonds is 4. The Hall–Kier alpha value is -1.95. The van der Waals surface area contributed by atoms with Crippen molar-refractivity contribution in [3.8, 4) is 0 Å². The molecule has 2 heterocycles. The van der Waals surface area contributed by atoms with Crippen molar-refractivity contribution in [1.29, 1.82) is 0 Å². The van der Waals surface area contributed by atoms with Crippen LogP contribution in [0.2, 0.25) is 0 Å². The van der Waals surface area contributed by atoms with E-state index >= 15 is 0 Å². The first-order valence-electron chi connectivity index (χ1n) is 5.76. The standard InChI is InChI=1S/C12H14N2O4/c15-11(14-7-9-2-1-5-18-9)10-4-3-8(6-13-10)12(16)17/h3-4,6,9H,1-2,5,7H2,(H,14,15)(H,16,17). The molecule has 2 rings (SSSR count). The number of ether oxygens (including phenoxy) is 1. The second kappa shape index (κ2) is 5.59. The largest absolute Gasteiger partial charge is 0.478 e. The number of nitrogens with zero attached hydrogens (tertiary/aromatic N) is 1. The molecular weight excluding hydrogens is 236 g/mol. The van der Waals surface area contributed by atoms with Crippen LogP contribution in [-0.2, 0) is 4.74 Å². The van der Waals surface area contributed by atoms with Crippen molar-refractivity contribution in [2.75, 3.05) is 13.2 Å². The SMILES string of the molecule is O=C(O)c1ccc(C(=O)NCC2CCCO2)nc1. The molecule has 0 radical (unpaired) electrons. The summed E-state index contributed by atoms with van der Waals surface area (Å²) in [6.45, 7) is 1.20. The van der Waals surface area contributed by atoms with Gasteiger partial charge < -0.3 is 15.2 Å². The van der Waals surface area contributed by atoms with Crippen LogP contribution in [0.5, 0.6) is 0 Å². The van der Waals surface area contributed by atoms with E-state index in [2.05, 4.69) is 10.3 Å². The molecule has 2 N–H and O–H groups in total. The molecule has 0 saturated carbocycles. The van der Waals surface area contributed by atoms with Crippen LogP contribution in [0.3, 0.4) is 0 Å². The molecule has 1 aromatic rings. The van der Waals surface area contributed by atoms with Gasteiger partial charge in [-0.05, 0) is 25.0 Å². The van der Waals surface area contributed by atoms with Gasteiger partial charge in [0.1, 0.15) is 5.69 Å². The lowest BCUT2D eigenvalue weighted by Crippen LogP contribution is -2.32. The van der Waals surface area contributed by atoms with Gasteiger partial charge in [-0.15, -0.1) is 0 Å². The third-order valence-corrected chi connectivity index (χ3v) is 2.76. The molecule has 0 spiro atoms.